The van der Waals surface area contributed by atoms with E-state index in [4.69, 9.17) is 8.21 Å². The van der Waals surface area contributed by atoms with Gasteiger partial charge in [-0.15, -0.1) is 0 Å². The van der Waals surface area contributed by atoms with Crippen LogP contribution in [0.4, 0.5) is 136 Å². The van der Waals surface area contributed by atoms with Crippen LogP contribution < -0.4 is 4.43 Å². The van der Waals surface area contributed by atoms with Crippen LogP contribution in [0.5, 0.6) is 5.75 Å². The van der Waals surface area contributed by atoms with Gasteiger partial charge in [0.05, 0.1) is 33.4 Å². The summed E-state index contributed by atoms with van der Waals surface area (Å²) in [6.07, 6.45) is 0.315. The molecule has 38 heteroatoms. The monoisotopic (exact) mass is 1540 g/mol. The van der Waals surface area contributed by atoms with Crippen LogP contribution in [0, 0.1) is 175 Å². The summed E-state index contributed by atoms with van der Waals surface area (Å²) >= 11 is -1.47. The van der Waals surface area contributed by atoms with E-state index in [9.17, 15) is 136 Å². The van der Waals surface area contributed by atoms with Crippen LogP contribution in [0.25, 0.3) is 39.5 Å². The van der Waals surface area contributed by atoms with E-state index in [0.717, 1.165) is 11.3 Å². The Balaban J connectivity index is 0.000000245. The molecule has 0 aromatic heterocycles. The Hall–Kier alpha value is -7.31. The van der Waals surface area contributed by atoms with Crippen molar-refractivity contribution in [3.8, 4) is 39.1 Å². The minimum atomic E-state index is -2.68. The van der Waals surface area contributed by atoms with Crippen molar-refractivity contribution in [3.05, 3.63) is 210 Å². The smallest absolute Gasteiger partial charge is 0.200 e. The minimum Gasteiger partial charge on any atom is -0.203 e. The van der Waals surface area contributed by atoms with E-state index >= 15 is 4.39 Å². The Morgan fingerprint density at radius 1 is 0.340 bits per heavy atom. The molecule has 0 saturated heterocycles. The van der Waals surface area contributed by atoms with E-state index in [1.165, 1.54) is 47.6 Å². The molecule has 0 saturated carbocycles. The summed E-state index contributed by atoms with van der Waals surface area (Å²) in [7, 11) is -5.07. The number of benzene rings is 7. The van der Waals surface area contributed by atoms with Gasteiger partial charge in [-0.2, -0.15) is 0 Å². The van der Waals surface area contributed by atoms with Crippen molar-refractivity contribution in [2.24, 2.45) is 0 Å². The van der Waals surface area contributed by atoms with Crippen molar-refractivity contribution >= 4 is 46.0 Å². The molecule has 0 heterocycles. The van der Waals surface area contributed by atoms with Gasteiger partial charge < -0.3 is 0 Å². The van der Waals surface area contributed by atoms with Gasteiger partial charge in [-0.3, -0.25) is 0 Å². The second kappa shape index (κ2) is 32.8. The summed E-state index contributed by atoms with van der Waals surface area (Å²) in [6.45, 7) is 19.2. The Kier molecular flexibility index (Phi) is 27.3. The van der Waals surface area contributed by atoms with Crippen LogP contribution in [-0.2, 0) is 7.59 Å². The standard InChI is InChI=1S/C26H47FO2Si3.3C12F10.Al.O/c1-9-30(10-2,11-3)19-32(21(7)8,20-31(12-4,13-5)14-6)29-23-16-15-22-17-25(28)26(27)24(22)18-23;3*13-3-1(4(14)8(18)11(21)7(3)17)2-5(15)9(19)12(22)10(20)6(2)16;;/h15-18,21,26,28H,9-14,19-20H2,1-8H3;;;;;/q;;;;+1;/p-1. The summed E-state index contributed by atoms with van der Waals surface area (Å²) in [4.78, 5) is 0. The van der Waals surface area contributed by atoms with Crippen LogP contribution in [0.2, 0.25) is 53.1 Å². The Morgan fingerprint density at radius 3 is 0.720 bits per heavy atom. The SMILES string of the molecule is CC[Si](CC)(CC)C[Si](C[Si](CC)(CC)CC)(Oc1ccc2c(c1)C(F)C([O][Al]=[O])=C2)C(C)C.Fc1c(F)c(F)c(-c2c(F)c(F)c(F)c(F)c2F)c(F)c1F.Fc1c(F)c(F)c(-c2c(F)c(F)c(F)c(F)c2F)c(F)c1F.Fc1c(F)c(F)c(-c2c(F)c(F)c(F)c(F)c2F)c(F)c1F. The number of rotatable bonds is 18. The molecule has 3 nitrogen and oxygen atoms in total. The van der Waals surface area contributed by atoms with E-state index < -0.39 is 254 Å². The van der Waals surface area contributed by atoms with Gasteiger partial charge >= 0.3 is 218 Å². The van der Waals surface area contributed by atoms with Crippen LogP contribution in [0.1, 0.15) is 72.7 Å². The Labute approximate surface area is 555 Å². The molecule has 0 bridgehead atoms. The molecule has 1 unspecified atom stereocenters. The molecule has 7 aromatic carbocycles. The molecule has 1 aliphatic rings. The third kappa shape index (κ3) is 15.4. The van der Waals surface area contributed by atoms with Crippen molar-refractivity contribution < 1.29 is 148 Å². The number of hydrogen-bond acceptors (Lipinski definition) is 3. The van der Waals surface area contributed by atoms with E-state index in [-0.39, 0.29) is 5.76 Å². The quantitative estimate of drug-likeness (QED) is 0.0372. The van der Waals surface area contributed by atoms with Crippen LogP contribution >= 0.6 is 0 Å². The van der Waals surface area contributed by atoms with Crippen molar-refractivity contribution in [2.75, 3.05) is 0 Å². The fourth-order valence-electron chi connectivity index (χ4n) is 10.9. The minimum absolute atomic E-state index is 0.160. The summed E-state index contributed by atoms with van der Waals surface area (Å²) < 4.78 is 432. The predicted octanol–water partition coefficient (Wildman–Crippen LogP) is 23.1. The van der Waals surface area contributed by atoms with Gasteiger partial charge in [0.15, 0.2) is 140 Å². The van der Waals surface area contributed by atoms with Crippen molar-refractivity contribution in [3.63, 3.8) is 0 Å². The van der Waals surface area contributed by atoms with Crippen LogP contribution in [0.3, 0.4) is 0 Å². The van der Waals surface area contributed by atoms with Gasteiger partial charge in [0.25, 0.3) is 0 Å². The van der Waals surface area contributed by atoms with Gasteiger partial charge in [-0.25, -0.2) is 132 Å². The molecule has 0 amide bonds. The van der Waals surface area contributed by atoms with Crippen LogP contribution in [-0.4, -0.2) is 40.0 Å². The largest absolute Gasteiger partial charge is 0.203 e. The van der Waals surface area contributed by atoms with Gasteiger partial charge in [0, 0.05) is 0 Å². The fourth-order valence-corrected chi connectivity index (χ4v) is 36.6. The molecule has 0 spiro atoms. The third-order valence-corrected chi connectivity index (χ3v) is 40.2. The molecule has 7 aromatic rings. The Bertz CT molecular complexity index is 3620. The van der Waals surface area contributed by atoms with Gasteiger partial charge in [0.2, 0.25) is 34.9 Å². The summed E-state index contributed by atoms with van der Waals surface area (Å²) in [5.74, 6) is -78.9. The molecule has 1 aliphatic carbocycles. The number of hydrogen-bond donors (Lipinski definition) is 0. The van der Waals surface area contributed by atoms with Crippen molar-refractivity contribution in [1.29, 1.82) is 0 Å². The maximum atomic E-state index is 15.1. The topological polar surface area (TPSA) is 35.5 Å². The van der Waals surface area contributed by atoms with E-state index in [1.807, 2.05) is 18.2 Å². The first-order valence-electron chi connectivity index (χ1n) is 28.8. The van der Waals surface area contributed by atoms with Gasteiger partial charge in [-0.05, 0) is 0 Å². The second-order valence-corrected chi connectivity index (χ2v) is 39.4. The zero-order valence-corrected chi connectivity index (χ0v) is 56.3. The average molecular weight is 1540 g/mol. The molecule has 0 aliphatic heterocycles. The zero-order valence-electron chi connectivity index (χ0n) is 52.1. The van der Waals surface area contributed by atoms with Crippen molar-refractivity contribution in [2.45, 2.75) is 115 Å². The molecule has 8 rings (SSSR count). The molecule has 0 N–H and O–H groups in total. The first-order valence-corrected chi connectivity index (χ1v) is 37.8. The Morgan fingerprint density at radius 2 is 0.540 bits per heavy atom. The molecule has 0 radical (unpaired) electrons. The molecular formula is C62H46AlF31O3Si3. The van der Waals surface area contributed by atoms with Gasteiger partial charge in [0.1, 0.15) is 0 Å². The first-order chi connectivity index (χ1) is 46.4. The average Bonchev–Trinajstić information content (AvgIpc) is 1.21. The molecule has 544 valence electrons. The van der Waals surface area contributed by atoms with E-state index in [1.54, 1.807) is 6.08 Å². The molecular weight excluding hydrogens is 1490 g/mol. The predicted molar refractivity (Wildman–Crippen MR) is 306 cm³/mol. The molecule has 0 fully saturated rings. The molecule has 1 atom stereocenters. The summed E-state index contributed by atoms with van der Waals surface area (Å²) in [5.41, 5.74) is -9.05. The maximum absolute atomic E-state index is 15.1. The molecule has 100 heavy (non-hydrogen) atoms. The fraction of sp³-hybridized carbons (Fsp3) is 0.290. The van der Waals surface area contributed by atoms with Crippen molar-refractivity contribution in [1.82, 2.24) is 0 Å². The van der Waals surface area contributed by atoms with Crippen LogP contribution in [0.15, 0.2) is 24.0 Å². The van der Waals surface area contributed by atoms with Gasteiger partial charge in [-0.1, -0.05) is 0 Å². The number of halogens is 31. The maximum Gasteiger partial charge on any atom is 0.200 e. The van der Waals surface area contributed by atoms with E-state index in [0.29, 0.717) is 11.1 Å². The summed E-state index contributed by atoms with van der Waals surface area (Å²) in [6, 6.07) is 13.7. The zero-order chi connectivity index (χ0) is 76.4. The third-order valence-electron chi connectivity index (χ3n) is 17.3. The number of allylic oxidation sites excluding steroid dienone is 1. The number of alkyl halides is 1. The normalized spacial score (nSPS) is 12.9. The van der Waals surface area contributed by atoms with E-state index in [2.05, 4.69) is 55.4 Å². The second-order valence-electron chi connectivity index (χ2n) is 22.4. The number of fused-ring (bicyclic) bond motifs is 1. The first kappa shape index (κ1) is 83.4. The summed E-state index contributed by atoms with van der Waals surface area (Å²) in [5, 5.41) is 0.